The molecule has 3 N–H and O–H groups in total. The summed E-state index contributed by atoms with van der Waals surface area (Å²) in [5, 5.41) is 0. The van der Waals surface area contributed by atoms with E-state index < -0.39 is 58.7 Å². The maximum atomic E-state index is 14.8. The van der Waals surface area contributed by atoms with Crippen molar-refractivity contribution in [2.24, 2.45) is 20.7 Å². The maximum absolute atomic E-state index is 14.8. The van der Waals surface area contributed by atoms with Gasteiger partial charge in [0.25, 0.3) is 0 Å². The van der Waals surface area contributed by atoms with Gasteiger partial charge in [0, 0.05) is 28.4 Å². The number of aliphatic imine (C=N–C) groups is 3. The lowest BCUT2D eigenvalue weighted by Gasteiger charge is -2.37. The standard InChI is InChI=1S/C56H60N5O10PSi/c1-65-32-33-68-49-48(71-72(63,64)34-35-73-50(39-16-8-4-9-17-39)40-18-10-5-11-19-40)47(70-54(49)61-38-59-51-53(61)58-37-60-56(51,57)52(62)41-20-12-6-13-21-41)36-69-55(42-22-14-7-15-23-42,43-24-28-45(66-2)29-25-43)44-26-30-46(67-3)31-27-44/h4-31,37,47-50,54H,32-36,38,57,73H2,1-3H3,(H,63,64)/t47-,48-,49-,54-,56?/m1/s1. The van der Waals surface area contributed by atoms with Crippen LogP contribution in [0, 0.1) is 0 Å². The second kappa shape index (κ2) is 23.2. The minimum atomic E-state index is -4.41. The molecule has 0 amide bonds. The van der Waals surface area contributed by atoms with Crippen molar-refractivity contribution in [2.45, 2.75) is 47.4 Å². The van der Waals surface area contributed by atoms with Gasteiger partial charge in [-0.25, -0.2) is 9.98 Å². The van der Waals surface area contributed by atoms with Gasteiger partial charge in [0.15, 0.2) is 12.1 Å². The third-order valence-corrected chi connectivity index (χ3v) is 17.8. The molecule has 2 unspecified atom stereocenters. The lowest BCUT2D eigenvalue weighted by molar-refractivity contribution is -0.107. The molecule has 6 atom stereocenters. The van der Waals surface area contributed by atoms with Crippen molar-refractivity contribution in [2.75, 3.05) is 54.0 Å². The minimum absolute atomic E-state index is 0.0535. The first-order valence-corrected chi connectivity index (χ1v) is 27.8. The Kier molecular flexibility index (Phi) is 16.4. The van der Waals surface area contributed by atoms with Gasteiger partial charge in [-0.2, -0.15) is 0 Å². The molecule has 0 aromatic heterocycles. The summed E-state index contributed by atoms with van der Waals surface area (Å²) in [6.07, 6.45) is -3.21. The topological polar surface area (TPSA) is 185 Å². The first-order chi connectivity index (χ1) is 35.6. The third kappa shape index (κ3) is 11.1. The van der Waals surface area contributed by atoms with Crippen LogP contribution in [-0.2, 0) is 33.6 Å². The average molecular weight is 1020 g/mol. The Bertz CT molecular complexity index is 2830. The number of fused-ring (bicyclic) bond motifs is 1. The Morgan fingerprint density at radius 1 is 0.781 bits per heavy atom. The normalized spacial score (nSPS) is 21.5. The zero-order valence-corrected chi connectivity index (χ0v) is 43.3. The molecular formula is C56H60N5O10PSi. The zero-order chi connectivity index (χ0) is 50.8. The number of amidine groups is 1. The van der Waals surface area contributed by atoms with Crippen molar-refractivity contribution >= 4 is 40.8 Å². The molecule has 0 radical (unpaired) electrons. The van der Waals surface area contributed by atoms with Crippen LogP contribution in [0.25, 0.3) is 0 Å². The van der Waals surface area contributed by atoms with E-state index in [0.717, 1.165) is 27.8 Å². The summed E-state index contributed by atoms with van der Waals surface area (Å²) in [5.41, 5.74) is 8.97. The molecule has 3 aliphatic rings. The van der Waals surface area contributed by atoms with Crippen LogP contribution in [0.15, 0.2) is 185 Å². The van der Waals surface area contributed by atoms with Crippen molar-refractivity contribution in [3.63, 3.8) is 0 Å². The van der Waals surface area contributed by atoms with E-state index in [4.69, 9.17) is 43.7 Å². The number of hydrogen-bond acceptors (Lipinski definition) is 14. The molecule has 0 bridgehead atoms. The van der Waals surface area contributed by atoms with Crippen LogP contribution in [0.3, 0.4) is 0 Å². The van der Waals surface area contributed by atoms with Crippen LogP contribution < -0.4 is 15.2 Å². The third-order valence-electron chi connectivity index (χ3n) is 13.5. The zero-order valence-electron chi connectivity index (χ0n) is 41.0. The van der Waals surface area contributed by atoms with E-state index in [1.165, 1.54) is 6.34 Å². The van der Waals surface area contributed by atoms with E-state index in [1.54, 1.807) is 50.5 Å². The van der Waals surface area contributed by atoms with Crippen LogP contribution >= 0.6 is 7.60 Å². The molecule has 9 rings (SSSR count). The number of carbonyl (C=O) groups is 1. The molecule has 3 heterocycles. The number of ether oxygens (including phenoxy) is 6. The highest BCUT2D eigenvalue weighted by Gasteiger charge is 2.56. The summed E-state index contributed by atoms with van der Waals surface area (Å²) in [7, 11) is -0.677. The molecule has 0 spiro atoms. The quantitative estimate of drug-likeness (QED) is 0.0213. The van der Waals surface area contributed by atoms with Crippen LogP contribution in [-0.4, -0.2) is 127 Å². The van der Waals surface area contributed by atoms with Crippen molar-refractivity contribution in [3.05, 3.63) is 203 Å². The Balaban J connectivity index is 1.09. The Morgan fingerprint density at radius 2 is 1.33 bits per heavy atom. The highest BCUT2D eigenvalue weighted by atomic mass is 31.2. The summed E-state index contributed by atoms with van der Waals surface area (Å²) in [6.45, 7) is 0.0299. The van der Waals surface area contributed by atoms with Gasteiger partial charge < -0.3 is 38.2 Å². The van der Waals surface area contributed by atoms with Gasteiger partial charge in [0.05, 0.1) is 34.0 Å². The van der Waals surface area contributed by atoms with Gasteiger partial charge >= 0.3 is 7.60 Å². The second-order valence-electron chi connectivity index (χ2n) is 17.9. The lowest BCUT2D eigenvalue weighted by Crippen LogP contribution is -2.59. The molecule has 15 nitrogen and oxygen atoms in total. The van der Waals surface area contributed by atoms with Gasteiger partial charge in [-0.05, 0) is 57.6 Å². The Labute approximate surface area is 428 Å². The molecule has 73 heavy (non-hydrogen) atoms. The summed E-state index contributed by atoms with van der Waals surface area (Å²) in [5.74, 6) is 1.09. The van der Waals surface area contributed by atoms with Crippen LogP contribution in [0.2, 0.25) is 6.04 Å². The molecular weight excluding hydrogens is 962 g/mol. The number of methoxy groups -OCH3 is 3. The summed E-state index contributed by atoms with van der Waals surface area (Å²) >= 11 is 0. The highest BCUT2D eigenvalue weighted by molar-refractivity contribution is 7.52. The Morgan fingerprint density at radius 3 is 1.89 bits per heavy atom. The van der Waals surface area contributed by atoms with Crippen LogP contribution in [0.4, 0.5) is 0 Å². The minimum Gasteiger partial charge on any atom is -0.497 e. The predicted molar refractivity (Wildman–Crippen MR) is 284 cm³/mol. The van der Waals surface area contributed by atoms with E-state index in [9.17, 15) is 14.3 Å². The molecule has 0 saturated carbocycles. The van der Waals surface area contributed by atoms with E-state index in [1.807, 2.05) is 121 Å². The molecule has 1 saturated heterocycles. The van der Waals surface area contributed by atoms with Crippen molar-refractivity contribution in [3.8, 4) is 11.5 Å². The number of benzene rings is 6. The fourth-order valence-corrected chi connectivity index (χ4v) is 14.5. The maximum Gasteiger partial charge on any atom is 0.328 e. The van der Waals surface area contributed by atoms with E-state index in [-0.39, 0.29) is 49.7 Å². The molecule has 17 heteroatoms. The SMILES string of the molecule is COCCO[C@@H]1[C@H](OP(=O)(O)CC[SiH2]C(c2ccccc2)c2ccccc2)[C@@H](COC(c2ccccc2)(c2ccc(OC)cc2)c2ccc(OC)cc2)O[C@H]1N1CN=C2C1=NC=NC2(N)C(=O)c1ccccc1. The summed E-state index contributed by atoms with van der Waals surface area (Å²) in [4.78, 5) is 41.7. The van der Waals surface area contributed by atoms with Gasteiger partial charge in [0.1, 0.15) is 54.1 Å². The molecule has 6 aromatic carbocycles. The van der Waals surface area contributed by atoms with Gasteiger partial charge in [-0.15, -0.1) is 0 Å². The van der Waals surface area contributed by atoms with E-state index >= 15 is 0 Å². The summed E-state index contributed by atoms with van der Waals surface area (Å²) in [6, 6.07) is 54.7. The fraction of sp³-hybridized carbons (Fsp3) is 0.286. The van der Waals surface area contributed by atoms with Gasteiger partial charge in [-0.1, -0.05) is 152 Å². The first kappa shape index (κ1) is 51.5. The fourth-order valence-electron chi connectivity index (χ4n) is 9.84. The molecule has 1 fully saturated rings. The van der Waals surface area contributed by atoms with Crippen molar-refractivity contribution in [1.82, 2.24) is 4.90 Å². The number of nitrogens with zero attached hydrogens (tertiary/aromatic N) is 4. The highest BCUT2D eigenvalue weighted by Crippen LogP contribution is 2.49. The number of carbonyl (C=O) groups excluding carboxylic acids is 1. The molecule has 378 valence electrons. The smallest absolute Gasteiger partial charge is 0.328 e. The van der Waals surface area contributed by atoms with Crippen LogP contribution in [0.5, 0.6) is 11.5 Å². The van der Waals surface area contributed by atoms with Gasteiger partial charge in [-0.3, -0.25) is 24.6 Å². The van der Waals surface area contributed by atoms with Gasteiger partial charge in [0.2, 0.25) is 11.4 Å². The van der Waals surface area contributed by atoms with Crippen LogP contribution in [0.1, 0.15) is 43.7 Å². The number of rotatable bonds is 23. The second-order valence-corrected chi connectivity index (χ2v) is 22.0. The van der Waals surface area contributed by atoms with E-state index in [0.29, 0.717) is 23.1 Å². The van der Waals surface area contributed by atoms with E-state index in [2.05, 4.69) is 34.3 Å². The number of nitrogens with two attached hydrogens (primary N) is 1. The number of ketones is 1. The predicted octanol–water partition coefficient (Wildman–Crippen LogP) is 7.41. The number of hydrogen-bond donors (Lipinski definition) is 2. The summed E-state index contributed by atoms with van der Waals surface area (Å²) < 4.78 is 59.1. The molecule has 3 aliphatic heterocycles. The average Bonchev–Trinajstić information content (AvgIpc) is 4.02. The number of Topliss-reactive ketones (excluding diaryl/α,β-unsaturated/α-hetero) is 1. The van der Waals surface area contributed by atoms with Crippen molar-refractivity contribution in [1.29, 1.82) is 0 Å². The first-order valence-electron chi connectivity index (χ1n) is 24.3. The molecule has 0 aliphatic carbocycles. The monoisotopic (exact) mass is 1020 g/mol. The van der Waals surface area contributed by atoms with Crippen molar-refractivity contribution < 1.29 is 47.2 Å². The molecule has 6 aromatic rings. The largest absolute Gasteiger partial charge is 0.497 e. The lowest BCUT2D eigenvalue weighted by atomic mass is 9.80. The Hall–Kier alpha value is -6.43.